The number of hydrogen-bond acceptors (Lipinski definition) is 4. The van der Waals surface area contributed by atoms with E-state index in [0.29, 0.717) is 39.7 Å². The Morgan fingerprint density at radius 1 is 1.06 bits per heavy atom. The van der Waals surface area contributed by atoms with Crippen molar-refractivity contribution in [3.63, 3.8) is 0 Å². The van der Waals surface area contributed by atoms with E-state index in [4.69, 9.17) is 32.4 Å². The molecule has 5 nitrogen and oxygen atoms in total. The number of halogens is 2. The van der Waals surface area contributed by atoms with Crippen LogP contribution in [0.5, 0.6) is 0 Å². The summed E-state index contributed by atoms with van der Waals surface area (Å²) in [6.45, 7) is 4.96. The van der Waals surface area contributed by atoms with Gasteiger partial charge < -0.3 is 14.1 Å². The number of ether oxygens (including phenoxy) is 1. The second-order valence-electron chi connectivity index (χ2n) is 8.28. The van der Waals surface area contributed by atoms with Crippen molar-refractivity contribution in [1.29, 1.82) is 0 Å². The Labute approximate surface area is 189 Å². The molecule has 0 radical (unpaired) electrons. The van der Waals surface area contributed by atoms with E-state index in [1.165, 1.54) is 0 Å². The van der Waals surface area contributed by atoms with Crippen LogP contribution in [0.25, 0.3) is 11.0 Å². The van der Waals surface area contributed by atoms with Crippen molar-refractivity contribution in [2.75, 3.05) is 13.2 Å². The maximum absolute atomic E-state index is 13.6. The third-order valence-electron chi connectivity index (χ3n) is 6.27. The lowest BCUT2D eigenvalue weighted by molar-refractivity contribution is 0.0486. The molecule has 160 valence electrons. The van der Waals surface area contributed by atoms with Gasteiger partial charge in [0, 0.05) is 13.2 Å². The average Bonchev–Trinajstić information content (AvgIpc) is 3.34. The maximum Gasteiger partial charge on any atom is 0.291 e. The zero-order chi connectivity index (χ0) is 21.9. The molecule has 2 aromatic carbocycles. The number of amides is 1. The zero-order valence-electron chi connectivity index (χ0n) is 17.2. The van der Waals surface area contributed by atoms with Crippen LogP contribution in [0.2, 0.25) is 10.0 Å². The van der Waals surface area contributed by atoms with Crippen molar-refractivity contribution >= 4 is 40.1 Å². The summed E-state index contributed by atoms with van der Waals surface area (Å²) in [5.74, 6) is -0.214. The van der Waals surface area contributed by atoms with Gasteiger partial charge >= 0.3 is 0 Å². The predicted octanol–water partition coefficient (Wildman–Crippen LogP) is 5.44. The minimum Gasteiger partial charge on any atom is -0.450 e. The fourth-order valence-corrected chi connectivity index (χ4v) is 4.81. The van der Waals surface area contributed by atoms with Crippen LogP contribution in [0, 0.1) is 13.8 Å². The van der Waals surface area contributed by atoms with Crippen LogP contribution in [0.4, 0.5) is 0 Å². The van der Waals surface area contributed by atoms with Crippen LogP contribution in [-0.4, -0.2) is 30.1 Å². The number of benzene rings is 2. The second kappa shape index (κ2) is 7.66. The molecule has 2 aliphatic rings. The standard InChI is InChI=1S/C24H21Cl2NO4/c1-12-8-16-19(9-13(12)2)31-23-20(22(16)28)21(14-5-6-17(25)18(26)10-14)27(24(23)29)11-15-4-3-7-30-15/h5-6,8-10,15,21H,3-4,7,11H2,1-2H3/t15-,21-/m1/s1. The molecule has 0 spiro atoms. The number of fused-ring (bicyclic) bond motifs is 2. The Morgan fingerprint density at radius 2 is 1.84 bits per heavy atom. The number of carbonyl (C=O) groups is 1. The summed E-state index contributed by atoms with van der Waals surface area (Å²) in [7, 11) is 0. The fraction of sp³-hybridized carbons (Fsp3) is 0.333. The van der Waals surface area contributed by atoms with Crippen molar-refractivity contribution in [2.45, 2.75) is 38.8 Å². The van der Waals surface area contributed by atoms with Crippen molar-refractivity contribution in [3.8, 4) is 0 Å². The zero-order valence-corrected chi connectivity index (χ0v) is 18.7. The molecule has 0 unspecified atom stereocenters. The fourth-order valence-electron chi connectivity index (χ4n) is 4.50. The molecule has 1 saturated heterocycles. The normalized spacial score (nSPS) is 20.6. The van der Waals surface area contributed by atoms with Gasteiger partial charge in [-0.25, -0.2) is 0 Å². The SMILES string of the molecule is Cc1cc2oc3c(c(=O)c2cc1C)[C@@H](c1ccc(Cl)c(Cl)c1)N(C[C@H]1CCCO1)C3=O. The van der Waals surface area contributed by atoms with Gasteiger partial charge in [-0.3, -0.25) is 9.59 Å². The minimum atomic E-state index is -0.608. The molecule has 1 fully saturated rings. The van der Waals surface area contributed by atoms with E-state index < -0.39 is 6.04 Å². The Kier molecular flexibility index (Phi) is 5.08. The van der Waals surface area contributed by atoms with Crippen molar-refractivity contribution < 1.29 is 13.9 Å². The summed E-state index contributed by atoms with van der Waals surface area (Å²) in [6, 6.07) is 8.23. The lowest BCUT2D eigenvalue weighted by Crippen LogP contribution is -2.36. The Bertz CT molecular complexity index is 1280. The molecule has 31 heavy (non-hydrogen) atoms. The first-order valence-electron chi connectivity index (χ1n) is 10.3. The molecule has 0 aliphatic carbocycles. The molecule has 7 heteroatoms. The van der Waals surface area contributed by atoms with Gasteiger partial charge in [-0.2, -0.15) is 0 Å². The number of nitrogens with zero attached hydrogens (tertiary/aromatic N) is 1. The van der Waals surface area contributed by atoms with Crippen LogP contribution in [0.3, 0.4) is 0 Å². The second-order valence-corrected chi connectivity index (χ2v) is 9.09. The highest BCUT2D eigenvalue weighted by atomic mass is 35.5. The third kappa shape index (κ3) is 3.36. The largest absolute Gasteiger partial charge is 0.450 e. The summed E-state index contributed by atoms with van der Waals surface area (Å²) in [4.78, 5) is 28.7. The van der Waals surface area contributed by atoms with E-state index >= 15 is 0 Å². The Morgan fingerprint density at radius 3 is 2.55 bits per heavy atom. The van der Waals surface area contributed by atoms with Crippen LogP contribution in [-0.2, 0) is 4.74 Å². The van der Waals surface area contributed by atoms with Gasteiger partial charge in [0.05, 0.1) is 33.1 Å². The van der Waals surface area contributed by atoms with Gasteiger partial charge in [-0.1, -0.05) is 29.3 Å². The number of hydrogen-bond donors (Lipinski definition) is 0. The Balaban J connectivity index is 1.73. The summed E-state index contributed by atoms with van der Waals surface area (Å²) in [5.41, 5.74) is 3.28. The van der Waals surface area contributed by atoms with Crippen molar-refractivity contribution in [1.82, 2.24) is 4.90 Å². The van der Waals surface area contributed by atoms with E-state index in [-0.39, 0.29) is 23.2 Å². The molecule has 0 bridgehead atoms. The van der Waals surface area contributed by atoms with E-state index in [9.17, 15) is 9.59 Å². The molecule has 0 saturated carbocycles. The van der Waals surface area contributed by atoms with Crippen LogP contribution < -0.4 is 5.43 Å². The number of carbonyl (C=O) groups excluding carboxylic acids is 1. The summed E-state index contributed by atoms with van der Waals surface area (Å²) < 4.78 is 11.8. The van der Waals surface area contributed by atoms with E-state index in [0.717, 1.165) is 29.5 Å². The first-order valence-corrected chi connectivity index (χ1v) is 11.1. The maximum atomic E-state index is 13.6. The first kappa shape index (κ1) is 20.6. The highest BCUT2D eigenvalue weighted by Gasteiger charge is 2.44. The van der Waals surface area contributed by atoms with Gasteiger partial charge in [-0.15, -0.1) is 0 Å². The molecule has 3 aromatic rings. The summed E-state index contributed by atoms with van der Waals surface area (Å²) in [6.07, 6.45) is 1.75. The minimum absolute atomic E-state index is 0.0717. The van der Waals surface area contributed by atoms with E-state index in [1.54, 1.807) is 23.1 Å². The average molecular weight is 458 g/mol. The highest BCUT2D eigenvalue weighted by Crippen LogP contribution is 2.40. The van der Waals surface area contributed by atoms with Crippen molar-refractivity contribution in [2.24, 2.45) is 0 Å². The van der Waals surface area contributed by atoms with Crippen molar-refractivity contribution in [3.05, 3.63) is 78.6 Å². The van der Waals surface area contributed by atoms with Crippen LogP contribution in [0.15, 0.2) is 39.5 Å². The lowest BCUT2D eigenvalue weighted by Gasteiger charge is -2.27. The molecular weight excluding hydrogens is 437 g/mol. The van der Waals surface area contributed by atoms with Gasteiger partial charge in [0.2, 0.25) is 5.76 Å². The van der Waals surface area contributed by atoms with Gasteiger partial charge in [-0.05, 0) is 67.6 Å². The Hall–Kier alpha value is -2.34. The number of rotatable bonds is 3. The third-order valence-corrected chi connectivity index (χ3v) is 7.00. The molecule has 1 amide bonds. The molecule has 2 atom stereocenters. The summed E-state index contributed by atoms with van der Waals surface area (Å²) in [5, 5.41) is 1.25. The smallest absolute Gasteiger partial charge is 0.291 e. The topological polar surface area (TPSA) is 59.8 Å². The van der Waals surface area contributed by atoms with E-state index in [1.807, 2.05) is 26.0 Å². The molecule has 1 aromatic heterocycles. The molecule has 5 rings (SSSR count). The number of aryl methyl sites for hydroxylation is 2. The molecule has 3 heterocycles. The van der Waals surface area contributed by atoms with E-state index in [2.05, 4.69) is 0 Å². The van der Waals surface area contributed by atoms with Gasteiger partial charge in [0.15, 0.2) is 5.43 Å². The summed E-state index contributed by atoms with van der Waals surface area (Å²) >= 11 is 12.4. The van der Waals surface area contributed by atoms with Gasteiger partial charge in [0.1, 0.15) is 5.58 Å². The highest BCUT2D eigenvalue weighted by molar-refractivity contribution is 6.42. The van der Waals surface area contributed by atoms with Crippen LogP contribution in [0.1, 0.15) is 51.7 Å². The molecular formula is C24H21Cl2NO4. The monoisotopic (exact) mass is 457 g/mol. The quantitative estimate of drug-likeness (QED) is 0.525. The molecule has 2 aliphatic heterocycles. The lowest BCUT2D eigenvalue weighted by atomic mass is 9.97. The predicted molar refractivity (Wildman–Crippen MR) is 120 cm³/mol. The first-order chi connectivity index (χ1) is 14.8. The van der Waals surface area contributed by atoms with Gasteiger partial charge in [0.25, 0.3) is 5.91 Å². The van der Waals surface area contributed by atoms with Crippen LogP contribution >= 0.6 is 23.2 Å². The molecule has 0 N–H and O–H groups in total.